The summed E-state index contributed by atoms with van der Waals surface area (Å²) in [6, 6.07) is 8.64. The summed E-state index contributed by atoms with van der Waals surface area (Å²) >= 11 is 1.44. The fourth-order valence-electron chi connectivity index (χ4n) is 3.41. The number of amides is 1. The second-order valence-electron chi connectivity index (χ2n) is 7.32. The van der Waals surface area contributed by atoms with E-state index in [1.165, 1.54) is 17.4 Å². The zero-order valence-corrected chi connectivity index (χ0v) is 17.0. The number of aromatic nitrogens is 1. The van der Waals surface area contributed by atoms with Crippen LogP contribution in [0, 0.1) is 0 Å². The lowest BCUT2D eigenvalue weighted by atomic mass is 10.0. The van der Waals surface area contributed by atoms with Crippen LogP contribution in [0.3, 0.4) is 0 Å². The maximum absolute atomic E-state index is 12.7. The van der Waals surface area contributed by atoms with Crippen molar-refractivity contribution in [2.75, 3.05) is 17.2 Å². The molecule has 0 aliphatic carbocycles. The molecular formula is C21H19F3N4O2S. The number of carbonyl (C=O) groups is 1. The first-order chi connectivity index (χ1) is 14.7. The molecule has 0 saturated heterocycles. The Balaban J connectivity index is 1.35. The Morgan fingerprint density at radius 3 is 2.81 bits per heavy atom. The van der Waals surface area contributed by atoms with Crippen molar-refractivity contribution in [2.24, 2.45) is 5.73 Å². The van der Waals surface area contributed by atoms with Crippen molar-refractivity contribution in [3.63, 3.8) is 0 Å². The number of aromatic hydroxyl groups is 1. The molecule has 0 bridgehead atoms. The molecule has 4 rings (SSSR count). The third-order valence-corrected chi connectivity index (χ3v) is 5.91. The molecule has 1 aliphatic heterocycles. The number of anilines is 2. The van der Waals surface area contributed by atoms with E-state index in [1.807, 2.05) is 18.2 Å². The molecule has 0 radical (unpaired) electrons. The molecule has 0 unspecified atom stereocenters. The second-order valence-corrected chi connectivity index (χ2v) is 8.35. The van der Waals surface area contributed by atoms with Crippen molar-refractivity contribution >= 4 is 28.1 Å². The Hall–Kier alpha value is -3.11. The summed E-state index contributed by atoms with van der Waals surface area (Å²) in [4.78, 5) is 16.8. The highest BCUT2D eigenvalue weighted by Gasteiger charge is 2.33. The minimum Gasteiger partial charge on any atom is -0.507 e. The zero-order chi connectivity index (χ0) is 22.2. The van der Waals surface area contributed by atoms with Crippen LogP contribution in [-0.2, 0) is 23.8 Å². The Kier molecular flexibility index (Phi) is 5.59. The van der Waals surface area contributed by atoms with Crippen LogP contribution in [0.2, 0.25) is 0 Å². The molecule has 3 aromatic rings. The van der Waals surface area contributed by atoms with E-state index in [-0.39, 0.29) is 11.9 Å². The number of hydrogen-bond donors (Lipinski definition) is 4. The minimum atomic E-state index is -4.60. The van der Waals surface area contributed by atoms with Gasteiger partial charge in [-0.15, -0.1) is 0 Å². The van der Waals surface area contributed by atoms with E-state index in [0.717, 1.165) is 33.8 Å². The van der Waals surface area contributed by atoms with E-state index in [1.54, 1.807) is 6.20 Å². The molecule has 1 aromatic heterocycles. The SMILES string of the molecule is N[C@H](CNc1ncc(-c2ccc3c(c2)CC(=O)N3)s1)Cc1ccc(C(F)(F)F)c(O)c1. The number of thiazole rings is 1. The van der Waals surface area contributed by atoms with Crippen LogP contribution in [0.15, 0.2) is 42.6 Å². The topological polar surface area (TPSA) is 100 Å². The van der Waals surface area contributed by atoms with Gasteiger partial charge in [0.05, 0.1) is 16.9 Å². The van der Waals surface area contributed by atoms with Crippen LogP contribution in [0.25, 0.3) is 10.4 Å². The summed E-state index contributed by atoms with van der Waals surface area (Å²) in [7, 11) is 0. The maximum atomic E-state index is 12.7. The third kappa shape index (κ3) is 4.80. The number of phenolic OH excluding ortho intramolecular Hbond substituents is 1. The van der Waals surface area contributed by atoms with Gasteiger partial charge in [0.2, 0.25) is 5.91 Å². The lowest BCUT2D eigenvalue weighted by Gasteiger charge is -2.14. The van der Waals surface area contributed by atoms with Crippen molar-refractivity contribution in [1.82, 2.24) is 4.98 Å². The van der Waals surface area contributed by atoms with E-state index in [0.29, 0.717) is 30.1 Å². The van der Waals surface area contributed by atoms with Crippen LogP contribution < -0.4 is 16.4 Å². The van der Waals surface area contributed by atoms with Crippen LogP contribution >= 0.6 is 11.3 Å². The monoisotopic (exact) mass is 448 g/mol. The number of hydrogen-bond acceptors (Lipinski definition) is 6. The van der Waals surface area contributed by atoms with Crippen molar-refractivity contribution in [3.05, 3.63) is 59.3 Å². The summed E-state index contributed by atoms with van der Waals surface area (Å²) in [6.45, 7) is 0.358. The van der Waals surface area contributed by atoms with Gasteiger partial charge in [-0.3, -0.25) is 4.79 Å². The van der Waals surface area contributed by atoms with Gasteiger partial charge in [0.15, 0.2) is 5.13 Å². The first kappa shape index (κ1) is 21.1. The number of benzene rings is 2. The molecule has 2 aromatic carbocycles. The average Bonchev–Trinajstić information content (AvgIpc) is 3.30. The average molecular weight is 448 g/mol. The maximum Gasteiger partial charge on any atom is 0.419 e. The summed E-state index contributed by atoms with van der Waals surface area (Å²) in [5, 5.41) is 16.2. The van der Waals surface area contributed by atoms with Gasteiger partial charge in [0.1, 0.15) is 5.75 Å². The fourth-order valence-corrected chi connectivity index (χ4v) is 4.23. The van der Waals surface area contributed by atoms with Crippen molar-refractivity contribution in [2.45, 2.75) is 25.1 Å². The number of nitrogens with zero attached hydrogens (tertiary/aromatic N) is 1. The number of alkyl halides is 3. The normalized spacial score (nSPS) is 14.3. The summed E-state index contributed by atoms with van der Waals surface area (Å²) in [6.07, 6.45) is -2.21. The zero-order valence-electron chi connectivity index (χ0n) is 16.2. The van der Waals surface area contributed by atoms with Gasteiger partial charge < -0.3 is 21.5 Å². The molecule has 6 nitrogen and oxygen atoms in total. The smallest absolute Gasteiger partial charge is 0.419 e. The molecule has 31 heavy (non-hydrogen) atoms. The molecule has 5 N–H and O–H groups in total. The van der Waals surface area contributed by atoms with Crippen molar-refractivity contribution in [1.29, 1.82) is 0 Å². The van der Waals surface area contributed by atoms with Gasteiger partial charge in [-0.2, -0.15) is 13.2 Å². The van der Waals surface area contributed by atoms with Gasteiger partial charge in [0, 0.05) is 24.5 Å². The van der Waals surface area contributed by atoms with E-state index < -0.39 is 17.5 Å². The van der Waals surface area contributed by atoms with Gasteiger partial charge in [-0.25, -0.2) is 4.98 Å². The Labute approximate surface area is 179 Å². The first-order valence-corrected chi connectivity index (χ1v) is 10.3. The Morgan fingerprint density at radius 1 is 1.26 bits per heavy atom. The molecule has 10 heteroatoms. The molecule has 0 spiro atoms. The van der Waals surface area contributed by atoms with Gasteiger partial charge >= 0.3 is 6.18 Å². The van der Waals surface area contributed by atoms with Gasteiger partial charge in [-0.05, 0) is 47.4 Å². The highest BCUT2D eigenvalue weighted by Crippen LogP contribution is 2.36. The Morgan fingerprint density at radius 2 is 2.06 bits per heavy atom. The van der Waals surface area contributed by atoms with Crippen LogP contribution in [0.5, 0.6) is 5.75 Å². The van der Waals surface area contributed by atoms with Crippen LogP contribution in [0.4, 0.5) is 24.0 Å². The van der Waals surface area contributed by atoms with E-state index in [9.17, 15) is 23.1 Å². The van der Waals surface area contributed by atoms with Gasteiger partial charge in [0.25, 0.3) is 0 Å². The molecule has 1 amide bonds. The summed E-state index contributed by atoms with van der Waals surface area (Å²) in [5.74, 6) is -0.824. The molecule has 0 fully saturated rings. The molecule has 162 valence electrons. The molecule has 1 aliphatic rings. The lowest BCUT2D eigenvalue weighted by molar-refractivity contribution is -0.138. The number of phenols is 1. The molecule has 0 saturated carbocycles. The highest BCUT2D eigenvalue weighted by molar-refractivity contribution is 7.18. The largest absolute Gasteiger partial charge is 0.507 e. The van der Waals surface area contributed by atoms with E-state index in [4.69, 9.17) is 5.73 Å². The second kappa shape index (κ2) is 8.20. The lowest BCUT2D eigenvalue weighted by Crippen LogP contribution is -2.31. The third-order valence-electron chi connectivity index (χ3n) is 4.90. The number of carbonyl (C=O) groups excluding carboxylic acids is 1. The number of rotatable bonds is 6. The predicted octanol–water partition coefficient (Wildman–Crippen LogP) is 4.01. The van der Waals surface area contributed by atoms with E-state index in [2.05, 4.69) is 15.6 Å². The predicted molar refractivity (Wildman–Crippen MR) is 113 cm³/mol. The molecule has 2 heterocycles. The van der Waals surface area contributed by atoms with E-state index >= 15 is 0 Å². The van der Waals surface area contributed by atoms with Crippen LogP contribution in [0.1, 0.15) is 16.7 Å². The highest BCUT2D eigenvalue weighted by atomic mass is 32.1. The molecule has 1 atom stereocenters. The fraction of sp³-hybridized carbons (Fsp3) is 0.238. The number of fused-ring (bicyclic) bond motifs is 1. The molecular weight excluding hydrogens is 429 g/mol. The Bertz CT molecular complexity index is 1130. The minimum absolute atomic E-state index is 0.0193. The number of nitrogens with two attached hydrogens (primary N) is 1. The summed E-state index contributed by atoms with van der Waals surface area (Å²) < 4.78 is 38.2. The van der Waals surface area contributed by atoms with Crippen molar-refractivity contribution < 1.29 is 23.1 Å². The van der Waals surface area contributed by atoms with Crippen molar-refractivity contribution in [3.8, 4) is 16.2 Å². The van der Waals surface area contributed by atoms with Crippen LogP contribution in [-0.4, -0.2) is 28.6 Å². The standard InChI is InChI=1S/C21H19F3N4O2S/c22-21(23,24)15-3-1-11(6-17(15)29)5-14(25)9-26-20-27-10-18(31-20)12-2-4-16-13(7-12)8-19(30)28-16/h1-4,6-7,10,14,29H,5,8-9,25H2,(H,26,27)(H,28,30)/t14-/m0/s1. The van der Waals surface area contributed by atoms with Gasteiger partial charge in [-0.1, -0.05) is 23.5 Å². The first-order valence-electron chi connectivity index (χ1n) is 9.46. The quantitative estimate of drug-likeness (QED) is 0.457. The number of nitrogens with one attached hydrogen (secondary N) is 2. The number of halogens is 3. The summed E-state index contributed by atoms with van der Waals surface area (Å²) in [5.41, 5.74) is 8.29.